The number of aryl methyl sites for hydroxylation is 1. The molecule has 0 radical (unpaired) electrons. The molecule has 1 aliphatic rings. The maximum atomic E-state index is 13.1. The largest absolute Gasteiger partial charge is 0.496 e. The van der Waals surface area contributed by atoms with Gasteiger partial charge in [-0.1, -0.05) is 26.0 Å². The van der Waals surface area contributed by atoms with Crippen LogP contribution in [0, 0.1) is 12.8 Å². The highest BCUT2D eigenvalue weighted by atomic mass is 16.5. The molecule has 0 bridgehead atoms. The topological polar surface area (TPSA) is 93.0 Å². The van der Waals surface area contributed by atoms with E-state index in [1.54, 1.807) is 24.3 Å². The number of nitrogens with one attached hydrogen (secondary N) is 2. The quantitative estimate of drug-likeness (QED) is 0.619. The molecular weight excluding hydrogens is 410 g/mol. The molecule has 8 heteroatoms. The first kappa shape index (κ1) is 23.8. The molecule has 1 saturated heterocycles. The molecule has 0 saturated carbocycles. The minimum atomic E-state index is -0.684. The van der Waals surface area contributed by atoms with Crippen LogP contribution in [0.15, 0.2) is 40.8 Å². The van der Waals surface area contributed by atoms with Crippen molar-refractivity contribution in [2.24, 2.45) is 5.92 Å². The maximum Gasteiger partial charge on any atom is 0.255 e. The highest BCUT2D eigenvalue weighted by Gasteiger charge is 2.29. The molecule has 32 heavy (non-hydrogen) atoms. The van der Waals surface area contributed by atoms with Gasteiger partial charge < -0.3 is 24.5 Å². The molecule has 8 nitrogen and oxygen atoms in total. The third-order valence-corrected chi connectivity index (χ3v) is 5.63. The Labute approximate surface area is 189 Å². The van der Waals surface area contributed by atoms with E-state index >= 15 is 0 Å². The lowest BCUT2D eigenvalue weighted by molar-refractivity contribution is -0.124. The van der Waals surface area contributed by atoms with Gasteiger partial charge in [0.25, 0.3) is 5.91 Å². The first-order valence-electron chi connectivity index (χ1n) is 11.0. The molecule has 1 aromatic heterocycles. The van der Waals surface area contributed by atoms with Crippen molar-refractivity contribution in [2.45, 2.75) is 32.9 Å². The van der Waals surface area contributed by atoms with Crippen molar-refractivity contribution in [1.82, 2.24) is 15.5 Å². The molecule has 2 aromatic rings. The number of ether oxygens (including phenoxy) is 2. The molecule has 0 aliphatic carbocycles. The summed E-state index contributed by atoms with van der Waals surface area (Å²) in [6.07, 6.45) is 0. The van der Waals surface area contributed by atoms with E-state index in [1.807, 2.05) is 32.9 Å². The van der Waals surface area contributed by atoms with Gasteiger partial charge in [-0.2, -0.15) is 0 Å². The summed E-state index contributed by atoms with van der Waals surface area (Å²) >= 11 is 0. The van der Waals surface area contributed by atoms with Gasteiger partial charge in [-0.3, -0.25) is 14.5 Å². The van der Waals surface area contributed by atoms with Gasteiger partial charge in [0.05, 0.1) is 31.9 Å². The van der Waals surface area contributed by atoms with E-state index in [1.165, 1.54) is 7.11 Å². The Morgan fingerprint density at radius 2 is 1.84 bits per heavy atom. The van der Waals surface area contributed by atoms with Crippen molar-refractivity contribution in [3.8, 4) is 5.75 Å². The normalized spacial score (nSPS) is 16.4. The monoisotopic (exact) mass is 443 g/mol. The minimum Gasteiger partial charge on any atom is -0.496 e. The number of hydrogen-bond acceptors (Lipinski definition) is 6. The van der Waals surface area contributed by atoms with Gasteiger partial charge in [-0.15, -0.1) is 0 Å². The van der Waals surface area contributed by atoms with Crippen molar-refractivity contribution >= 4 is 11.8 Å². The predicted octanol–water partition coefficient (Wildman–Crippen LogP) is 2.54. The van der Waals surface area contributed by atoms with Crippen LogP contribution < -0.4 is 15.4 Å². The second kappa shape index (κ2) is 11.2. The molecule has 0 spiro atoms. The van der Waals surface area contributed by atoms with E-state index in [-0.39, 0.29) is 23.8 Å². The van der Waals surface area contributed by atoms with Crippen LogP contribution in [-0.2, 0) is 9.53 Å². The van der Waals surface area contributed by atoms with Crippen LogP contribution in [0.1, 0.15) is 41.8 Å². The molecular formula is C24H33N3O5. The fraction of sp³-hybridized carbons (Fsp3) is 0.500. The zero-order valence-electron chi connectivity index (χ0n) is 19.2. The summed E-state index contributed by atoms with van der Waals surface area (Å²) in [5.41, 5.74) is 0.394. The number of morpholine rings is 1. The van der Waals surface area contributed by atoms with Crippen molar-refractivity contribution in [3.05, 3.63) is 53.5 Å². The van der Waals surface area contributed by atoms with Crippen molar-refractivity contribution in [3.63, 3.8) is 0 Å². The fourth-order valence-electron chi connectivity index (χ4n) is 3.82. The van der Waals surface area contributed by atoms with Crippen LogP contribution in [-0.4, -0.2) is 62.7 Å². The number of furan rings is 1. The maximum absolute atomic E-state index is 13.1. The number of para-hydroxylation sites is 1. The molecule has 2 unspecified atom stereocenters. The van der Waals surface area contributed by atoms with Gasteiger partial charge in [0.15, 0.2) is 0 Å². The summed E-state index contributed by atoms with van der Waals surface area (Å²) in [7, 11) is 1.51. The molecule has 1 fully saturated rings. The van der Waals surface area contributed by atoms with E-state index in [9.17, 15) is 9.59 Å². The van der Waals surface area contributed by atoms with E-state index in [4.69, 9.17) is 13.9 Å². The Balaban J connectivity index is 1.69. The lowest BCUT2D eigenvalue weighted by atomic mass is 10.0. The van der Waals surface area contributed by atoms with Gasteiger partial charge in [0.1, 0.15) is 23.3 Å². The second-order valence-electron chi connectivity index (χ2n) is 8.25. The fourth-order valence-corrected chi connectivity index (χ4v) is 3.82. The van der Waals surface area contributed by atoms with E-state index in [0.717, 1.165) is 24.6 Å². The number of hydrogen-bond donors (Lipinski definition) is 2. The summed E-state index contributed by atoms with van der Waals surface area (Å²) < 4.78 is 16.6. The number of rotatable bonds is 9. The number of carbonyl (C=O) groups is 2. The molecule has 3 rings (SSSR count). The van der Waals surface area contributed by atoms with Gasteiger partial charge in [0, 0.05) is 19.6 Å². The first-order valence-corrected chi connectivity index (χ1v) is 11.0. The molecule has 1 aliphatic heterocycles. The molecule has 2 N–H and O–H groups in total. The SMILES string of the molecule is COc1ccccc1C(=O)NC(C(=O)NCC(c1ccc(C)o1)N1CCOCC1)C(C)C. The lowest BCUT2D eigenvalue weighted by Crippen LogP contribution is -2.52. The van der Waals surface area contributed by atoms with E-state index < -0.39 is 6.04 Å². The Bertz CT molecular complexity index is 905. The van der Waals surface area contributed by atoms with Gasteiger partial charge in [0.2, 0.25) is 5.91 Å². The molecule has 2 heterocycles. The number of benzene rings is 1. The van der Waals surface area contributed by atoms with Crippen LogP contribution in [0.3, 0.4) is 0 Å². The van der Waals surface area contributed by atoms with Crippen LogP contribution in [0.2, 0.25) is 0 Å². The highest BCUT2D eigenvalue weighted by molar-refractivity contribution is 5.99. The van der Waals surface area contributed by atoms with Gasteiger partial charge >= 0.3 is 0 Å². The number of carbonyl (C=O) groups excluding carboxylic acids is 2. The first-order chi connectivity index (χ1) is 15.4. The summed E-state index contributed by atoms with van der Waals surface area (Å²) in [4.78, 5) is 28.2. The zero-order chi connectivity index (χ0) is 23.1. The average molecular weight is 444 g/mol. The molecule has 2 atom stereocenters. The third kappa shape index (κ3) is 5.89. The summed E-state index contributed by atoms with van der Waals surface area (Å²) in [5.74, 6) is 1.43. The Morgan fingerprint density at radius 3 is 2.47 bits per heavy atom. The van der Waals surface area contributed by atoms with Crippen LogP contribution in [0.25, 0.3) is 0 Å². The second-order valence-corrected chi connectivity index (χ2v) is 8.25. The van der Waals surface area contributed by atoms with Crippen molar-refractivity contribution in [1.29, 1.82) is 0 Å². The van der Waals surface area contributed by atoms with Gasteiger partial charge in [-0.25, -0.2) is 0 Å². The number of methoxy groups -OCH3 is 1. The smallest absolute Gasteiger partial charge is 0.255 e. The lowest BCUT2D eigenvalue weighted by Gasteiger charge is -2.34. The van der Waals surface area contributed by atoms with Crippen molar-refractivity contribution < 1.29 is 23.5 Å². The zero-order valence-corrected chi connectivity index (χ0v) is 19.2. The summed E-state index contributed by atoms with van der Waals surface area (Å²) in [5, 5.41) is 5.89. The van der Waals surface area contributed by atoms with Crippen molar-refractivity contribution in [2.75, 3.05) is 40.0 Å². The Kier molecular flexibility index (Phi) is 8.30. The standard InChI is InChI=1S/C24H33N3O5/c1-16(2)22(26-23(28)18-7-5-6-8-20(18)30-4)24(29)25-15-19(21-10-9-17(3)32-21)27-11-13-31-14-12-27/h5-10,16,19,22H,11-15H2,1-4H3,(H,25,29)(H,26,28). The van der Waals surface area contributed by atoms with Gasteiger partial charge in [-0.05, 0) is 37.1 Å². The van der Waals surface area contributed by atoms with Crippen LogP contribution >= 0.6 is 0 Å². The summed E-state index contributed by atoms with van der Waals surface area (Å²) in [6, 6.07) is 10.0. The Hall–Kier alpha value is -2.84. The Morgan fingerprint density at radius 1 is 1.12 bits per heavy atom. The summed E-state index contributed by atoms with van der Waals surface area (Å²) in [6.45, 7) is 8.91. The molecule has 2 amide bonds. The van der Waals surface area contributed by atoms with Crippen LogP contribution in [0.5, 0.6) is 5.75 Å². The number of amides is 2. The third-order valence-electron chi connectivity index (χ3n) is 5.63. The van der Waals surface area contributed by atoms with Crippen LogP contribution in [0.4, 0.5) is 0 Å². The predicted molar refractivity (Wildman–Crippen MR) is 121 cm³/mol. The molecule has 174 valence electrons. The minimum absolute atomic E-state index is 0.0960. The van der Waals surface area contributed by atoms with E-state index in [0.29, 0.717) is 31.1 Å². The average Bonchev–Trinajstić information content (AvgIpc) is 3.23. The van der Waals surface area contributed by atoms with E-state index in [2.05, 4.69) is 15.5 Å². The number of nitrogens with zero attached hydrogens (tertiary/aromatic N) is 1. The highest BCUT2D eigenvalue weighted by Crippen LogP contribution is 2.23. The molecule has 1 aromatic carbocycles.